The van der Waals surface area contributed by atoms with E-state index < -0.39 is 0 Å². The number of carbonyl (C=O) groups excluding carboxylic acids is 2. The molecule has 0 aliphatic carbocycles. The zero-order valence-electron chi connectivity index (χ0n) is 15.9. The Kier molecular flexibility index (Phi) is 6.11. The topological polar surface area (TPSA) is 90.3 Å². The molecule has 146 valence electrons. The Balaban J connectivity index is 1.90. The number of hydrogen-bond acceptors (Lipinski definition) is 4. The van der Waals surface area contributed by atoms with Crippen LogP contribution in [0.25, 0.3) is 11.0 Å². The van der Waals surface area contributed by atoms with Crippen LogP contribution in [0.3, 0.4) is 0 Å². The summed E-state index contributed by atoms with van der Waals surface area (Å²) in [6.07, 6.45) is 7.50. The molecular weight excluding hydrogens is 344 g/mol. The van der Waals surface area contributed by atoms with Gasteiger partial charge in [0.2, 0.25) is 11.8 Å². The van der Waals surface area contributed by atoms with Gasteiger partial charge in [-0.25, -0.2) is 4.79 Å². The molecule has 0 radical (unpaired) electrons. The van der Waals surface area contributed by atoms with Crippen LogP contribution in [0.4, 0.5) is 0 Å². The van der Waals surface area contributed by atoms with Gasteiger partial charge in [-0.15, -0.1) is 0 Å². The van der Waals surface area contributed by atoms with Crippen LogP contribution in [0.2, 0.25) is 0 Å². The lowest BCUT2D eigenvalue weighted by Crippen LogP contribution is -2.52. The Labute approximate surface area is 158 Å². The summed E-state index contributed by atoms with van der Waals surface area (Å²) in [7, 11) is 1.70. The van der Waals surface area contributed by atoms with Crippen molar-refractivity contribution >= 4 is 22.8 Å². The third-order valence-electron chi connectivity index (χ3n) is 5.23. The average molecular weight is 372 g/mol. The molecule has 1 fully saturated rings. The van der Waals surface area contributed by atoms with Crippen molar-refractivity contribution in [2.75, 3.05) is 11.6 Å². The van der Waals surface area contributed by atoms with Gasteiger partial charge in [0.05, 0.1) is 11.0 Å². The van der Waals surface area contributed by atoms with Gasteiger partial charge in [0.25, 0.3) is 0 Å². The fourth-order valence-corrected chi connectivity index (χ4v) is 3.83. The number of para-hydroxylation sites is 1. The maximum atomic E-state index is 12.8. The molecule has 0 unspecified atom stereocenters. The average Bonchev–Trinajstić information content (AvgIpc) is 2.90. The fraction of sp³-hybridized carbons (Fsp3) is 0.550. The number of aromatic nitrogens is 2. The highest BCUT2D eigenvalue weighted by atomic mass is 16.2. The van der Waals surface area contributed by atoms with Crippen molar-refractivity contribution < 1.29 is 9.59 Å². The summed E-state index contributed by atoms with van der Waals surface area (Å²) in [5.74, 6) is -0.627. The highest BCUT2D eigenvalue weighted by molar-refractivity contribution is 6.11. The fourth-order valence-electron chi connectivity index (χ4n) is 3.83. The number of aryl methyl sites for hydroxylation is 2. The van der Waals surface area contributed by atoms with E-state index in [4.69, 9.17) is 5.73 Å². The predicted molar refractivity (Wildman–Crippen MR) is 105 cm³/mol. The molecule has 1 aliphatic heterocycles. The Morgan fingerprint density at radius 2 is 1.63 bits per heavy atom. The van der Waals surface area contributed by atoms with Crippen molar-refractivity contribution in [2.24, 2.45) is 12.8 Å². The van der Waals surface area contributed by atoms with Crippen LogP contribution in [0.15, 0.2) is 23.0 Å². The number of hydrogen-bond donors (Lipinski definition) is 1. The molecule has 1 saturated heterocycles. The number of amides is 2. The Morgan fingerprint density at radius 3 is 2.33 bits per heavy atom. The standard InChI is InChI=1S/C20H28N4O3/c1-22-19-15(9-5-3-2-4-6-14-21)10-7-11-16(19)23(20(22)27)24-17(25)12-8-13-18(24)26/h7,10-11H,2-6,8-9,12-14,21H2,1H3. The lowest BCUT2D eigenvalue weighted by Gasteiger charge is -2.25. The van der Waals surface area contributed by atoms with Crippen molar-refractivity contribution in [2.45, 2.75) is 57.8 Å². The molecular formula is C20H28N4O3. The number of imide groups is 1. The number of piperidine rings is 1. The van der Waals surface area contributed by atoms with E-state index in [1.54, 1.807) is 17.7 Å². The summed E-state index contributed by atoms with van der Waals surface area (Å²) in [5, 5.41) is 1.03. The van der Waals surface area contributed by atoms with Gasteiger partial charge in [-0.05, 0) is 43.9 Å². The number of nitrogens with two attached hydrogens (primary N) is 1. The second-order valence-corrected chi connectivity index (χ2v) is 7.20. The van der Waals surface area contributed by atoms with Crippen LogP contribution in [0, 0.1) is 0 Å². The number of benzene rings is 1. The minimum Gasteiger partial charge on any atom is -0.330 e. The zero-order valence-corrected chi connectivity index (χ0v) is 15.9. The molecule has 1 aromatic heterocycles. The van der Waals surface area contributed by atoms with E-state index in [-0.39, 0.29) is 30.3 Å². The number of nitrogens with zero attached hydrogens (tertiary/aromatic N) is 3. The van der Waals surface area contributed by atoms with E-state index in [1.807, 2.05) is 12.1 Å². The van der Waals surface area contributed by atoms with E-state index in [1.165, 1.54) is 4.68 Å². The largest absolute Gasteiger partial charge is 0.348 e. The van der Waals surface area contributed by atoms with Crippen molar-refractivity contribution in [3.63, 3.8) is 0 Å². The van der Waals surface area contributed by atoms with E-state index in [0.29, 0.717) is 11.9 Å². The van der Waals surface area contributed by atoms with Gasteiger partial charge in [-0.3, -0.25) is 14.2 Å². The Morgan fingerprint density at radius 1 is 0.963 bits per heavy atom. The molecule has 0 bridgehead atoms. The first-order chi connectivity index (χ1) is 13.1. The van der Waals surface area contributed by atoms with Gasteiger partial charge >= 0.3 is 5.69 Å². The molecule has 7 nitrogen and oxygen atoms in total. The number of rotatable bonds is 8. The number of fused-ring (bicyclic) bond motifs is 1. The molecule has 0 spiro atoms. The summed E-state index contributed by atoms with van der Waals surface area (Å²) < 4.78 is 2.80. The second-order valence-electron chi connectivity index (χ2n) is 7.20. The van der Waals surface area contributed by atoms with E-state index in [2.05, 4.69) is 0 Å². The molecule has 0 atom stereocenters. The van der Waals surface area contributed by atoms with Crippen LogP contribution in [0.5, 0.6) is 0 Å². The highest BCUT2D eigenvalue weighted by Gasteiger charge is 2.31. The maximum Gasteiger partial charge on any atom is 0.348 e. The van der Waals surface area contributed by atoms with Gasteiger partial charge in [0.1, 0.15) is 0 Å². The summed E-state index contributed by atoms with van der Waals surface area (Å²) in [6.45, 7) is 0.739. The van der Waals surface area contributed by atoms with Crippen molar-refractivity contribution in [3.05, 3.63) is 34.2 Å². The van der Waals surface area contributed by atoms with E-state index in [0.717, 1.165) is 61.2 Å². The highest BCUT2D eigenvalue weighted by Crippen LogP contribution is 2.22. The van der Waals surface area contributed by atoms with Gasteiger partial charge in [0.15, 0.2) is 0 Å². The monoisotopic (exact) mass is 372 g/mol. The number of imidazole rings is 1. The Hall–Kier alpha value is -2.41. The molecule has 7 heteroatoms. The van der Waals surface area contributed by atoms with Gasteiger partial charge in [-0.2, -0.15) is 9.69 Å². The van der Waals surface area contributed by atoms with Gasteiger partial charge < -0.3 is 5.73 Å². The van der Waals surface area contributed by atoms with Crippen LogP contribution in [0.1, 0.15) is 56.9 Å². The summed E-state index contributed by atoms with van der Waals surface area (Å²) in [4.78, 5) is 37.5. The lowest BCUT2D eigenvalue weighted by molar-refractivity contribution is -0.131. The lowest BCUT2D eigenvalue weighted by atomic mass is 10.0. The van der Waals surface area contributed by atoms with Crippen LogP contribution < -0.4 is 16.4 Å². The third-order valence-corrected chi connectivity index (χ3v) is 5.23. The van der Waals surface area contributed by atoms with Gasteiger partial charge in [-0.1, -0.05) is 31.4 Å². The molecule has 0 saturated carbocycles. The first kappa shape index (κ1) is 19.4. The summed E-state index contributed by atoms with van der Waals surface area (Å²) >= 11 is 0. The third kappa shape index (κ3) is 3.83. The van der Waals surface area contributed by atoms with Crippen LogP contribution in [-0.2, 0) is 23.1 Å². The SMILES string of the molecule is Cn1c(=O)n(N2C(=O)CCCC2=O)c2cccc(CCCCCCCN)c21. The Bertz CT molecular complexity index is 880. The minimum atomic E-state index is -0.357. The molecule has 2 N–H and O–H groups in total. The molecule has 2 aromatic rings. The van der Waals surface area contributed by atoms with Crippen LogP contribution in [-0.4, -0.2) is 27.6 Å². The van der Waals surface area contributed by atoms with Crippen molar-refractivity contribution in [3.8, 4) is 0 Å². The predicted octanol–water partition coefficient (Wildman–Crippen LogP) is 1.97. The molecule has 3 rings (SSSR count). The molecule has 27 heavy (non-hydrogen) atoms. The van der Waals surface area contributed by atoms with E-state index >= 15 is 0 Å². The second kappa shape index (κ2) is 8.52. The smallest absolute Gasteiger partial charge is 0.330 e. The van der Waals surface area contributed by atoms with Crippen molar-refractivity contribution in [1.29, 1.82) is 0 Å². The number of carbonyl (C=O) groups is 2. The van der Waals surface area contributed by atoms with Crippen LogP contribution >= 0.6 is 0 Å². The maximum absolute atomic E-state index is 12.8. The van der Waals surface area contributed by atoms with E-state index in [9.17, 15) is 14.4 Å². The molecule has 2 heterocycles. The molecule has 1 aliphatic rings. The molecule has 2 amide bonds. The quantitative estimate of drug-likeness (QED) is 0.567. The number of unbranched alkanes of at least 4 members (excludes halogenated alkanes) is 4. The first-order valence-electron chi connectivity index (χ1n) is 9.81. The normalized spacial score (nSPS) is 15.1. The van der Waals surface area contributed by atoms with Gasteiger partial charge in [0, 0.05) is 19.9 Å². The summed E-state index contributed by atoms with van der Waals surface area (Å²) in [5.41, 5.74) is 7.66. The minimum absolute atomic E-state index is 0.289. The first-order valence-corrected chi connectivity index (χ1v) is 9.81. The zero-order chi connectivity index (χ0) is 19.4. The molecule has 1 aromatic carbocycles. The van der Waals surface area contributed by atoms with Crippen molar-refractivity contribution in [1.82, 2.24) is 9.24 Å². The summed E-state index contributed by atoms with van der Waals surface area (Å²) in [6, 6.07) is 5.71.